The largest absolute Gasteiger partial charge is 0.377 e. The molecular formula is C15H21ClN2O2. The summed E-state index contributed by atoms with van der Waals surface area (Å²) < 4.78 is 5.61. The normalized spacial score (nSPS) is 18.9. The van der Waals surface area contributed by atoms with Crippen LogP contribution in [0.15, 0.2) is 18.2 Å². The number of amides is 2. The molecule has 1 aromatic rings. The van der Waals surface area contributed by atoms with Crippen LogP contribution in [0.2, 0.25) is 5.02 Å². The number of halogens is 1. The average Bonchev–Trinajstić information content (AvgIpc) is 2.43. The summed E-state index contributed by atoms with van der Waals surface area (Å²) in [4.78, 5) is 14.0. The topological polar surface area (TPSA) is 41.6 Å². The fraction of sp³-hybridized carbons (Fsp3) is 0.533. The predicted molar refractivity (Wildman–Crippen MR) is 81.4 cm³/mol. The van der Waals surface area contributed by atoms with Gasteiger partial charge in [0.2, 0.25) is 0 Å². The Morgan fingerprint density at radius 2 is 2.35 bits per heavy atom. The molecule has 0 aliphatic carbocycles. The zero-order valence-corrected chi connectivity index (χ0v) is 12.7. The van der Waals surface area contributed by atoms with Crippen molar-refractivity contribution in [1.82, 2.24) is 4.90 Å². The van der Waals surface area contributed by atoms with Crippen LogP contribution in [0.3, 0.4) is 0 Å². The maximum Gasteiger partial charge on any atom is 0.321 e. The standard InChI is InChI=1S/C15H21ClN2O2/c1-3-20-13-5-4-8-18(10-13)15(19)17-12-7-6-11(2)14(16)9-12/h6-7,9,13H,3-5,8,10H2,1-2H3,(H,17,19). The molecule has 2 amide bonds. The summed E-state index contributed by atoms with van der Waals surface area (Å²) in [5, 5.41) is 3.55. The van der Waals surface area contributed by atoms with Crippen molar-refractivity contribution in [1.29, 1.82) is 0 Å². The molecule has 0 bridgehead atoms. The van der Waals surface area contributed by atoms with Gasteiger partial charge in [0, 0.05) is 30.4 Å². The molecule has 110 valence electrons. The van der Waals surface area contributed by atoms with E-state index in [0.717, 1.165) is 30.6 Å². The molecule has 20 heavy (non-hydrogen) atoms. The lowest BCUT2D eigenvalue weighted by Crippen LogP contribution is -2.45. The number of nitrogens with zero attached hydrogens (tertiary/aromatic N) is 1. The highest BCUT2D eigenvalue weighted by Gasteiger charge is 2.23. The molecular weight excluding hydrogens is 276 g/mol. The van der Waals surface area contributed by atoms with E-state index in [1.165, 1.54) is 0 Å². The van der Waals surface area contributed by atoms with Crippen LogP contribution in [-0.2, 0) is 4.74 Å². The van der Waals surface area contributed by atoms with E-state index < -0.39 is 0 Å². The van der Waals surface area contributed by atoms with Gasteiger partial charge in [0.05, 0.1) is 6.10 Å². The second kappa shape index (κ2) is 6.95. The summed E-state index contributed by atoms with van der Waals surface area (Å²) in [5.74, 6) is 0. The van der Waals surface area contributed by atoms with Crippen molar-refractivity contribution in [3.63, 3.8) is 0 Å². The predicted octanol–water partition coefficient (Wildman–Crippen LogP) is 3.68. The summed E-state index contributed by atoms with van der Waals surface area (Å²) in [6.45, 7) is 6.03. The summed E-state index contributed by atoms with van der Waals surface area (Å²) in [6.07, 6.45) is 2.15. The van der Waals surface area contributed by atoms with Gasteiger partial charge >= 0.3 is 6.03 Å². The third-order valence-electron chi connectivity index (χ3n) is 3.49. The highest BCUT2D eigenvalue weighted by molar-refractivity contribution is 6.31. The Bertz CT molecular complexity index is 477. The Hall–Kier alpha value is -1.26. The molecule has 1 atom stereocenters. The van der Waals surface area contributed by atoms with Crippen LogP contribution in [-0.4, -0.2) is 36.7 Å². The average molecular weight is 297 g/mol. The molecule has 5 heteroatoms. The molecule has 1 fully saturated rings. The molecule has 1 aromatic carbocycles. The van der Waals surface area contributed by atoms with Crippen LogP contribution in [0, 0.1) is 6.92 Å². The maximum absolute atomic E-state index is 12.2. The number of nitrogens with one attached hydrogen (secondary N) is 1. The van der Waals surface area contributed by atoms with E-state index in [1.54, 1.807) is 11.0 Å². The van der Waals surface area contributed by atoms with Gasteiger partial charge in [-0.3, -0.25) is 0 Å². The lowest BCUT2D eigenvalue weighted by Gasteiger charge is -2.32. The second-order valence-electron chi connectivity index (χ2n) is 5.06. The third-order valence-corrected chi connectivity index (χ3v) is 3.90. The molecule has 0 saturated carbocycles. The first kappa shape index (κ1) is 15.1. The summed E-state index contributed by atoms with van der Waals surface area (Å²) in [7, 11) is 0. The Balaban J connectivity index is 1.95. The molecule has 1 saturated heterocycles. The van der Waals surface area contributed by atoms with Gasteiger partial charge in [-0.25, -0.2) is 4.79 Å². The number of piperidine rings is 1. The van der Waals surface area contributed by atoms with E-state index in [2.05, 4.69) is 5.32 Å². The minimum atomic E-state index is -0.0886. The number of carbonyl (C=O) groups is 1. The molecule has 1 aliphatic rings. The van der Waals surface area contributed by atoms with E-state index in [0.29, 0.717) is 18.2 Å². The van der Waals surface area contributed by atoms with Crippen molar-refractivity contribution in [3.8, 4) is 0 Å². The molecule has 1 heterocycles. The van der Waals surface area contributed by atoms with Gasteiger partial charge in [-0.05, 0) is 44.4 Å². The Morgan fingerprint density at radius 3 is 3.05 bits per heavy atom. The van der Waals surface area contributed by atoms with Crippen molar-refractivity contribution in [2.45, 2.75) is 32.8 Å². The quantitative estimate of drug-likeness (QED) is 0.924. The molecule has 1 N–H and O–H groups in total. The number of anilines is 1. The fourth-order valence-corrected chi connectivity index (χ4v) is 2.55. The Labute approximate surface area is 125 Å². The van der Waals surface area contributed by atoms with Crippen molar-refractivity contribution >= 4 is 23.3 Å². The van der Waals surface area contributed by atoms with Crippen LogP contribution < -0.4 is 5.32 Å². The van der Waals surface area contributed by atoms with Crippen molar-refractivity contribution in [2.75, 3.05) is 25.0 Å². The summed E-state index contributed by atoms with van der Waals surface area (Å²) in [6, 6.07) is 5.45. The van der Waals surface area contributed by atoms with Gasteiger partial charge in [-0.2, -0.15) is 0 Å². The molecule has 1 unspecified atom stereocenters. The summed E-state index contributed by atoms with van der Waals surface area (Å²) >= 11 is 6.06. The van der Waals surface area contributed by atoms with Gasteiger partial charge in [-0.15, -0.1) is 0 Å². The highest BCUT2D eigenvalue weighted by atomic mass is 35.5. The highest BCUT2D eigenvalue weighted by Crippen LogP contribution is 2.21. The number of hydrogen-bond donors (Lipinski definition) is 1. The van der Waals surface area contributed by atoms with Crippen LogP contribution in [0.4, 0.5) is 10.5 Å². The van der Waals surface area contributed by atoms with Crippen LogP contribution in [0.1, 0.15) is 25.3 Å². The first-order chi connectivity index (χ1) is 9.60. The first-order valence-corrected chi connectivity index (χ1v) is 7.41. The number of likely N-dealkylation sites (tertiary alicyclic amines) is 1. The number of benzene rings is 1. The second-order valence-corrected chi connectivity index (χ2v) is 5.47. The molecule has 2 rings (SSSR count). The van der Waals surface area contributed by atoms with Gasteiger partial charge in [0.15, 0.2) is 0 Å². The molecule has 0 radical (unpaired) electrons. The van der Waals surface area contributed by atoms with E-state index in [1.807, 2.05) is 26.0 Å². The van der Waals surface area contributed by atoms with E-state index in [4.69, 9.17) is 16.3 Å². The SMILES string of the molecule is CCOC1CCCN(C(=O)Nc2ccc(C)c(Cl)c2)C1. The van der Waals surface area contributed by atoms with Crippen molar-refractivity contribution in [2.24, 2.45) is 0 Å². The van der Waals surface area contributed by atoms with Crippen LogP contribution in [0.25, 0.3) is 0 Å². The molecule has 0 aromatic heterocycles. The maximum atomic E-state index is 12.2. The number of aryl methyl sites for hydroxylation is 1. The van der Waals surface area contributed by atoms with E-state index in [9.17, 15) is 4.79 Å². The minimum Gasteiger partial charge on any atom is -0.377 e. The molecule has 1 aliphatic heterocycles. The lowest BCUT2D eigenvalue weighted by atomic mass is 10.1. The number of rotatable bonds is 3. The Kier molecular flexibility index (Phi) is 5.26. The monoisotopic (exact) mass is 296 g/mol. The number of urea groups is 1. The van der Waals surface area contributed by atoms with Crippen molar-refractivity contribution in [3.05, 3.63) is 28.8 Å². The number of ether oxygens (including phenoxy) is 1. The first-order valence-electron chi connectivity index (χ1n) is 7.04. The smallest absolute Gasteiger partial charge is 0.321 e. The van der Waals surface area contributed by atoms with E-state index in [-0.39, 0.29) is 12.1 Å². The van der Waals surface area contributed by atoms with Crippen LogP contribution in [0.5, 0.6) is 0 Å². The lowest BCUT2D eigenvalue weighted by molar-refractivity contribution is 0.0181. The summed E-state index contributed by atoms with van der Waals surface area (Å²) in [5.41, 5.74) is 1.73. The molecule has 4 nitrogen and oxygen atoms in total. The van der Waals surface area contributed by atoms with Crippen molar-refractivity contribution < 1.29 is 9.53 Å². The number of hydrogen-bond acceptors (Lipinski definition) is 2. The number of carbonyl (C=O) groups excluding carboxylic acids is 1. The van der Waals surface area contributed by atoms with Gasteiger partial charge in [0.1, 0.15) is 0 Å². The zero-order valence-electron chi connectivity index (χ0n) is 12.0. The van der Waals surface area contributed by atoms with Gasteiger partial charge < -0.3 is 15.0 Å². The minimum absolute atomic E-state index is 0.0886. The van der Waals surface area contributed by atoms with Gasteiger partial charge in [-0.1, -0.05) is 17.7 Å². The third kappa shape index (κ3) is 3.87. The zero-order chi connectivity index (χ0) is 14.5. The van der Waals surface area contributed by atoms with E-state index >= 15 is 0 Å². The van der Waals surface area contributed by atoms with Gasteiger partial charge in [0.25, 0.3) is 0 Å². The Morgan fingerprint density at radius 1 is 1.55 bits per heavy atom. The van der Waals surface area contributed by atoms with Crippen LogP contribution >= 0.6 is 11.6 Å². The molecule has 0 spiro atoms. The fourth-order valence-electron chi connectivity index (χ4n) is 2.37.